The van der Waals surface area contributed by atoms with Crippen LogP contribution in [0.5, 0.6) is 0 Å². The molecule has 1 saturated heterocycles. The van der Waals surface area contributed by atoms with Crippen LogP contribution in [0.3, 0.4) is 0 Å². The van der Waals surface area contributed by atoms with Gasteiger partial charge in [-0.3, -0.25) is 14.7 Å². The molecule has 0 radical (unpaired) electrons. The molecule has 0 amide bonds. The van der Waals surface area contributed by atoms with Gasteiger partial charge in [0.2, 0.25) is 0 Å². The Hall–Kier alpha value is -2.93. The molecule has 0 bridgehead atoms. The van der Waals surface area contributed by atoms with Gasteiger partial charge < -0.3 is 4.98 Å². The number of aromatic nitrogens is 3. The van der Waals surface area contributed by atoms with Crippen LogP contribution in [0.2, 0.25) is 0 Å². The van der Waals surface area contributed by atoms with E-state index in [0.29, 0.717) is 35.9 Å². The molecule has 1 aliphatic heterocycles. The highest BCUT2D eigenvalue weighted by atomic mass is 19.2. The Labute approximate surface area is 154 Å². The minimum absolute atomic E-state index is 0.0615. The average Bonchev–Trinajstić information content (AvgIpc) is 3.14. The van der Waals surface area contributed by atoms with Crippen molar-refractivity contribution in [2.75, 3.05) is 13.1 Å². The maximum atomic E-state index is 13.9. The lowest BCUT2D eigenvalue weighted by Crippen LogP contribution is -2.21. The summed E-state index contributed by atoms with van der Waals surface area (Å²) in [6.07, 6.45) is 2.45. The summed E-state index contributed by atoms with van der Waals surface area (Å²) in [6, 6.07) is 11.1. The van der Waals surface area contributed by atoms with Gasteiger partial charge in [-0.1, -0.05) is 18.2 Å². The van der Waals surface area contributed by atoms with E-state index in [1.165, 1.54) is 12.1 Å². The SMILES string of the molecule is O=c1cc([C@@H]2CCN(Cc3cccc(F)c3F)C2)nc(-c2ccccn2)[nH]1. The minimum atomic E-state index is -0.834. The fraction of sp³-hybridized carbons (Fsp3) is 0.250. The molecule has 1 N–H and O–H groups in total. The second-order valence-electron chi connectivity index (χ2n) is 6.67. The molecule has 1 aromatic carbocycles. The molecule has 1 fully saturated rings. The summed E-state index contributed by atoms with van der Waals surface area (Å²) in [5.41, 5.74) is 1.41. The van der Waals surface area contributed by atoms with Crippen LogP contribution in [0, 0.1) is 11.6 Å². The normalized spacial score (nSPS) is 17.3. The molecule has 1 aliphatic rings. The molecule has 5 nitrogen and oxygen atoms in total. The number of hydrogen-bond acceptors (Lipinski definition) is 4. The Morgan fingerprint density at radius 2 is 2.07 bits per heavy atom. The first kappa shape index (κ1) is 17.5. The van der Waals surface area contributed by atoms with E-state index in [-0.39, 0.29) is 11.5 Å². The minimum Gasteiger partial charge on any atom is -0.305 e. The second-order valence-corrected chi connectivity index (χ2v) is 6.67. The third-order valence-electron chi connectivity index (χ3n) is 4.79. The fourth-order valence-electron chi connectivity index (χ4n) is 3.44. The van der Waals surface area contributed by atoms with E-state index in [1.807, 2.05) is 11.0 Å². The van der Waals surface area contributed by atoms with Crippen molar-refractivity contribution < 1.29 is 8.78 Å². The predicted molar refractivity (Wildman–Crippen MR) is 97.1 cm³/mol. The Morgan fingerprint density at radius 3 is 2.89 bits per heavy atom. The van der Waals surface area contributed by atoms with Crippen molar-refractivity contribution in [1.29, 1.82) is 0 Å². The van der Waals surface area contributed by atoms with Crippen LogP contribution >= 0.6 is 0 Å². The Bertz CT molecular complexity index is 1010. The molecule has 138 valence electrons. The number of likely N-dealkylation sites (tertiary alicyclic amines) is 1. The molecule has 1 atom stereocenters. The van der Waals surface area contributed by atoms with E-state index < -0.39 is 11.6 Å². The molecule has 27 heavy (non-hydrogen) atoms. The van der Waals surface area contributed by atoms with Crippen LogP contribution in [0.4, 0.5) is 8.78 Å². The lowest BCUT2D eigenvalue weighted by atomic mass is 10.0. The zero-order valence-corrected chi connectivity index (χ0v) is 14.5. The standard InChI is InChI=1S/C20H18F2N4O/c21-15-5-3-4-14(19(15)22)12-26-9-7-13(11-26)17-10-18(27)25-20(24-17)16-6-1-2-8-23-16/h1-6,8,10,13H,7,9,11-12H2,(H,24,25,27)/t13-/m1/s1. The first-order chi connectivity index (χ1) is 13.1. The van der Waals surface area contributed by atoms with Crippen molar-refractivity contribution in [3.63, 3.8) is 0 Å². The Kier molecular flexibility index (Phi) is 4.77. The summed E-state index contributed by atoms with van der Waals surface area (Å²) in [6.45, 7) is 1.69. The summed E-state index contributed by atoms with van der Waals surface area (Å²) < 4.78 is 27.3. The summed E-state index contributed by atoms with van der Waals surface area (Å²) in [7, 11) is 0. The van der Waals surface area contributed by atoms with E-state index >= 15 is 0 Å². The number of H-pyrrole nitrogens is 1. The quantitative estimate of drug-likeness (QED) is 0.769. The molecule has 0 unspecified atom stereocenters. The molecule has 3 aromatic rings. The molecular formula is C20H18F2N4O. The third-order valence-corrected chi connectivity index (χ3v) is 4.79. The summed E-state index contributed by atoms with van der Waals surface area (Å²) in [5, 5.41) is 0. The van der Waals surface area contributed by atoms with Gasteiger partial charge in [0, 0.05) is 36.8 Å². The van der Waals surface area contributed by atoms with Gasteiger partial charge in [0.15, 0.2) is 17.5 Å². The number of halogens is 2. The first-order valence-corrected chi connectivity index (χ1v) is 8.78. The largest absolute Gasteiger partial charge is 0.305 e. The van der Waals surface area contributed by atoms with Crippen molar-refractivity contribution in [3.05, 3.63) is 81.9 Å². The molecule has 0 saturated carbocycles. The van der Waals surface area contributed by atoms with Crippen LogP contribution in [0.15, 0.2) is 53.5 Å². The van der Waals surface area contributed by atoms with Crippen LogP contribution < -0.4 is 5.56 Å². The highest BCUT2D eigenvalue weighted by Crippen LogP contribution is 2.27. The summed E-state index contributed by atoms with van der Waals surface area (Å²) in [5.74, 6) is -1.13. The van der Waals surface area contributed by atoms with Crippen LogP contribution in [0.1, 0.15) is 23.6 Å². The number of nitrogens with zero attached hydrogens (tertiary/aromatic N) is 3. The zero-order valence-electron chi connectivity index (χ0n) is 14.5. The van der Waals surface area contributed by atoms with Gasteiger partial charge >= 0.3 is 0 Å². The molecule has 0 spiro atoms. The highest BCUT2D eigenvalue weighted by Gasteiger charge is 2.26. The van der Waals surface area contributed by atoms with Crippen LogP contribution in [0.25, 0.3) is 11.5 Å². The lowest BCUT2D eigenvalue weighted by Gasteiger charge is -2.16. The number of pyridine rings is 1. The number of aromatic amines is 1. The van der Waals surface area contributed by atoms with Crippen molar-refractivity contribution in [2.24, 2.45) is 0 Å². The summed E-state index contributed by atoms with van der Waals surface area (Å²) in [4.78, 5) is 25.6. The van der Waals surface area contributed by atoms with Crippen molar-refractivity contribution in [2.45, 2.75) is 18.9 Å². The number of hydrogen-bond donors (Lipinski definition) is 1. The number of benzene rings is 1. The van der Waals surface area contributed by atoms with E-state index in [9.17, 15) is 13.6 Å². The van der Waals surface area contributed by atoms with E-state index in [4.69, 9.17) is 0 Å². The van der Waals surface area contributed by atoms with Crippen LogP contribution in [-0.2, 0) is 6.54 Å². The summed E-state index contributed by atoms with van der Waals surface area (Å²) >= 11 is 0. The monoisotopic (exact) mass is 368 g/mol. The average molecular weight is 368 g/mol. The molecular weight excluding hydrogens is 350 g/mol. The zero-order chi connectivity index (χ0) is 18.8. The van der Waals surface area contributed by atoms with E-state index in [0.717, 1.165) is 19.0 Å². The molecule has 3 heterocycles. The van der Waals surface area contributed by atoms with Crippen molar-refractivity contribution >= 4 is 0 Å². The number of rotatable bonds is 4. The smallest absolute Gasteiger partial charge is 0.251 e. The van der Waals surface area contributed by atoms with E-state index in [2.05, 4.69) is 15.0 Å². The van der Waals surface area contributed by atoms with Crippen LogP contribution in [-0.4, -0.2) is 32.9 Å². The Morgan fingerprint density at radius 1 is 1.19 bits per heavy atom. The molecule has 0 aliphatic carbocycles. The lowest BCUT2D eigenvalue weighted by molar-refractivity contribution is 0.318. The van der Waals surface area contributed by atoms with Crippen molar-refractivity contribution in [1.82, 2.24) is 19.9 Å². The van der Waals surface area contributed by atoms with Gasteiger partial charge in [-0.25, -0.2) is 13.8 Å². The number of nitrogens with one attached hydrogen (secondary N) is 1. The van der Waals surface area contributed by atoms with Gasteiger partial charge in [0.1, 0.15) is 5.69 Å². The maximum absolute atomic E-state index is 13.9. The molecule has 2 aromatic heterocycles. The first-order valence-electron chi connectivity index (χ1n) is 8.78. The maximum Gasteiger partial charge on any atom is 0.251 e. The molecule has 4 rings (SSSR count). The second kappa shape index (κ2) is 7.36. The van der Waals surface area contributed by atoms with Gasteiger partial charge in [-0.2, -0.15) is 0 Å². The third kappa shape index (κ3) is 3.78. The molecule has 7 heteroatoms. The van der Waals surface area contributed by atoms with Crippen molar-refractivity contribution in [3.8, 4) is 11.5 Å². The fourth-order valence-corrected chi connectivity index (χ4v) is 3.44. The van der Waals surface area contributed by atoms with Gasteiger partial charge in [0.05, 0.1) is 5.69 Å². The van der Waals surface area contributed by atoms with Gasteiger partial charge in [-0.15, -0.1) is 0 Å². The predicted octanol–water partition coefficient (Wildman–Crippen LogP) is 3.10. The van der Waals surface area contributed by atoms with E-state index in [1.54, 1.807) is 24.4 Å². The highest BCUT2D eigenvalue weighted by molar-refractivity contribution is 5.48. The topological polar surface area (TPSA) is 61.9 Å². The Balaban J connectivity index is 1.53. The van der Waals surface area contributed by atoms with Gasteiger partial charge in [0.25, 0.3) is 5.56 Å². The van der Waals surface area contributed by atoms with Gasteiger partial charge in [-0.05, 0) is 31.2 Å².